The first kappa shape index (κ1) is 15.9. The fraction of sp³-hybridized carbons (Fsp3) is 0.294. The second kappa shape index (κ2) is 6.62. The van der Waals surface area contributed by atoms with E-state index in [4.69, 9.17) is 5.26 Å². The van der Waals surface area contributed by atoms with Crippen molar-refractivity contribution in [1.29, 1.82) is 5.26 Å². The van der Waals surface area contributed by atoms with Gasteiger partial charge in [0.1, 0.15) is 11.6 Å². The Morgan fingerprint density at radius 2 is 2.29 bits per heavy atom. The van der Waals surface area contributed by atoms with Crippen molar-refractivity contribution in [2.45, 2.75) is 19.4 Å². The molecule has 1 atom stereocenters. The van der Waals surface area contributed by atoms with Gasteiger partial charge in [-0.05, 0) is 31.5 Å². The van der Waals surface area contributed by atoms with Crippen LogP contribution in [-0.2, 0) is 0 Å². The second-order valence-electron chi connectivity index (χ2n) is 5.69. The lowest BCUT2D eigenvalue weighted by Crippen LogP contribution is -2.36. The molecule has 1 aliphatic rings. The molecule has 0 spiro atoms. The maximum atomic E-state index is 14.3. The molecule has 1 fully saturated rings. The van der Waals surface area contributed by atoms with Crippen LogP contribution in [0.15, 0.2) is 30.5 Å². The van der Waals surface area contributed by atoms with Gasteiger partial charge in [0.05, 0.1) is 11.3 Å². The van der Waals surface area contributed by atoms with Crippen molar-refractivity contribution in [3.8, 4) is 17.5 Å². The zero-order chi connectivity index (χ0) is 17.1. The number of aryl methyl sites for hydroxylation is 1. The van der Waals surface area contributed by atoms with E-state index in [-0.39, 0.29) is 11.6 Å². The maximum absolute atomic E-state index is 14.3. The fourth-order valence-electron chi connectivity index (χ4n) is 2.71. The number of nitrogens with one attached hydrogen (secondary N) is 1. The van der Waals surface area contributed by atoms with E-state index in [1.54, 1.807) is 30.2 Å². The summed E-state index contributed by atoms with van der Waals surface area (Å²) in [7, 11) is 0. The molecule has 7 heteroatoms. The minimum atomic E-state index is -0.601. The molecule has 1 amide bonds. The van der Waals surface area contributed by atoms with Gasteiger partial charge in [0.2, 0.25) is 0 Å². The molecule has 6 nitrogen and oxygen atoms in total. The molecular formula is C17H16FN5O. The number of amides is 1. The van der Waals surface area contributed by atoms with E-state index < -0.39 is 11.7 Å². The van der Waals surface area contributed by atoms with E-state index in [2.05, 4.69) is 15.3 Å². The van der Waals surface area contributed by atoms with Crippen LogP contribution >= 0.6 is 0 Å². The summed E-state index contributed by atoms with van der Waals surface area (Å²) in [6.45, 7) is 2.83. The molecular weight excluding hydrogens is 309 g/mol. The summed E-state index contributed by atoms with van der Waals surface area (Å²) in [6.07, 6.45) is 4.33. The van der Waals surface area contributed by atoms with Crippen molar-refractivity contribution in [3.05, 3.63) is 47.7 Å². The number of benzene rings is 1. The number of rotatable bonds is 3. The number of nitriles is 1. The van der Waals surface area contributed by atoms with Gasteiger partial charge >= 0.3 is 0 Å². The number of carbonyl (C=O) groups excluding carboxylic acids is 1. The Morgan fingerprint density at radius 1 is 1.46 bits per heavy atom. The van der Waals surface area contributed by atoms with Crippen LogP contribution in [0.25, 0.3) is 11.3 Å². The minimum absolute atomic E-state index is 0.0139. The predicted molar refractivity (Wildman–Crippen MR) is 85.2 cm³/mol. The Labute approximate surface area is 139 Å². The van der Waals surface area contributed by atoms with Crippen LogP contribution in [-0.4, -0.2) is 39.9 Å². The summed E-state index contributed by atoms with van der Waals surface area (Å²) in [5.74, 6) is -0.475. The summed E-state index contributed by atoms with van der Waals surface area (Å²) in [5.41, 5.74) is 1.18. The van der Waals surface area contributed by atoms with Gasteiger partial charge in [-0.1, -0.05) is 6.07 Å². The van der Waals surface area contributed by atoms with Crippen LogP contribution in [0.1, 0.15) is 22.6 Å². The molecule has 0 aliphatic carbocycles. The quantitative estimate of drug-likeness (QED) is 0.871. The van der Waals surface area contributed by atoms with E-state index in [0.29, 0.717) is 36.6 Å². The first-order chi connectivity index (χ1) is 11.6. The lowest BCUT2D eigenvalue weighted by atomic mass is 10.1. The van der Waals surface area contributed by atoms with E-state index in [0.717, 1.165) is 0 Å². The average Bonchev–Trinajstić information content (AvgIpc) is 3.02. The molecule has 1 unspecified atom stereocenters. The van der Waals surface area contributed by atoms with Gasteiger partial charge in [0.25, 0.3) is 5.91 Å². The van der Waals surface area contributed by atoms with Gasteiger partial charge in [0.15, 0.2) is 6.19 Å². The van der Waals surface area contributed by atoms with Crippen LogP contribution in [0, 0.1) is 24.2 Å². The monoisotopic (exact) mass is 325 g/mol. The van der Waals surface area contributed by atoms with Crippen molar-refractivity contribution in [3.63, 3.8) is 0 Å². The van der Waals surface area contributed by atoms with Crippen molar-refractivity contribution in [2.24, 2.45) is 0 Å². The van der Waals surface area contributed by atoms with E-state index in [1.807, 2.05) is 6.19 Å². The third-order valence-electron chi connectivity index (χ3n) is 3.95. The van der Waals surface area contributed by atoms with Gasteiger partial charge in [0, 0.05) is 30.9 Å². The number of aromatic nitrogens is 2. The highest BCUT2D eigenvalue weighted by atomic mass is 19.1. The van der Waals surface area contributed by atoms with Gasteiger partial charge in [-0.25, -0.2) is 14.4 Å². The first-order valence-electron chi connectivity index (χ1n) is 7.62. The molecule has 1 saturated heterocycles. The number of carbonyl (C=O) groups is 1. The summed E-state index contributed by atoms with van der Waals surface area (Å²) < 4.78 is 14.3. The molecule has 1 aliphatic heterocycles. The SMILES string of the molecule is Cc1nccc(-c2ccc(C(=O)NC3CCN(C#N)C3)c(F)c2)n1. The standard InChI is InChI=1S/C17H16FN5O/c1-11-20-6-4-16(21-11)12-2-3-14(15(18)8-12)17(24)22-13-5-7-23(9-13)10-19/h2-4,6,8,13H,5,7,9H2,1H3,(H,22,24). The Morgan fingerprint density at radius 3 is 2.96 bits per heavy atom. The average molecular weight is 325 g/mol. The molecule has 3 rings (SSSR count). The Hall–Kier alpha value is -3.01. The number of hydrogen-bond acceptors (Lipinski definition) is 5. The summed E-state index contributed by atoms with van der Waals surface area (Å²) in [4.78, 5) is 22.1. The van der Waals surface area contributed by atoms with Gasteiger partial charge < -0.3 is 10.2 Å². The molecule has 1 aromatic carbocycles. The number of likely N-dealkylation sites (tertiary alicyclic amines) is 1. The van der Waals surface area contributed by atoms with Crippen LogP contribution in [0.2, 0.25) is 0 Å². The molecule has 2 aromatic rings. The van der Waals surface area contributed by atoms with Gasteiger partial charge in [-0.2, -0.15) is 5.26 Å². The minimum Gasteiger partial charge on any atom is -0.347 e. The molecule has 0 saturated carbocycles. The molecule has 122 valence electrons. The molecule has 0 bridgehead atoms. The van der Waals surface area contributed by atoms with Crippen molar-refractivity contribution >= 4 is 5.91 Å². The third-order valence-corrected chi connectivity index (χ3v) is 3.95. The van der Waals surface area contributed by atoms with Crippen LogP contribution < -0.4 is 5.32 Å². The normalized spacial score (nSPS) is 16.7. The Balaban J connectivity index is 1.75. The van der Waals surface area contributed by atoms with E-state index in [1.165, 1.54) is 12.1 Å². The zero-order valence-electron chi connectivity index (χ0n) is 13.2. The van der Waals surface area contributed by atoms with Crippen LogP contribution in [0.3, 0.4) is 0 Å². The highest BCUT2D eigenvalue weighted by Gasteiger charge is 2.24. The van der Waals surface area contributed by atoms with E-state index >= 15 is 0 Å². The Kier molecular flexibility index (Phi) is 4.38. The number of hydrogen-bond donors (Lipinski definition) is 1. The van der Waals surface area contributed by atoms with Gasteiger partial charge in [-0.15, -0.1) is 0 Å². The third kappa shape index (κ3) is 3.33. The van der Waals surface area contributed by atoms with Crippen molar-refractivity contribution in [1.82, 2.24) is 20.2 Å². The maximum Gasteiger partial charge on any atom is 0.254 e. The largest absolute Gasteiger partial charge is 0.347 e. The summed E-state index contributed by atoms with van der Waals surface area (Å²) >= 11 is 0. The molecule has 0 radical (unpaired) electrons. The lowest BCUT2D eigenvalue weighted by Gasteiger charge is -2.13. The molecule has 1 N–H and O–H groups in total. The molecule has 1 aromatic heterocycles. The number of halogens is 1. The topological polar surface area (TPSA) is 81.9 Å². The second-order valence-corrected chi connectivity index (χ2v) is 5.69. The number of nitrogens with zero attached hydrogens (tertiary/aromatic N) is 4. The highest BCUT2D eigenvalue weighted by Crippen LogP contribution is 2.20. The van der Waals surface area contributed by atoms with Crippen molar-refractivity contribution < 1.29 is 9.18 Å². The van der Waals surface area contributed by atoms with Crippen LogP contribution in [0.5, 0.6) is 0 Å². The van der Waals surface area contributed by atoms with Crippen LogP contribution in [0.4, 0.5) is 4.39 Å². The first-order valence-corrected chi connectivity index (χ1v) is 7.62. The molecule has 24 heavy (non-hydrogen) atoms. The van der Waals surface area contributed by atoms with Crippen molar-refractivity contribution in [2.75, 3.05) is 13.1 Å². The zero-order valence-corrected chi connectivity index (χ0v) is 13.2. The molecule has 2 heterocycles. The van der Waals surface area contributed by atoms with Gasteiger partial charge in [-0.3, -0.25) is 4.79 Å². The van der Waals surface area contributed by atoms with E-state index in [9.17, 15) is 9.18 Å². The highest BCUT2D eigenvalue weighted by molar-refractivity contribution is 5.95. The predicted octanol–water partition coefficient (Wildman–Crippen LogP) is 1.88. The smallest absolute Gasteiger partial charge is 0.254 e. The summed E-state index contributed by atoms with van der Waals surface area (Å²) in [5, 5.41) is 11.6. The Bertz CT molecular complexity index is 817. The summed E-state index contributed by atoms with van der Waals surface area (Å²) in [6, 6.07) is 5.97. The fourth-order valence-corrected chi connectivity index (χ4v) is 2.71. The lowest BCUT2D eigenvalue weighted by molar-refractivity contribution is 0.0935.